The zero-order valence-electron chi connectivity index (χ0n) is 13.3. The van der Waals surface area contributed by atoms with Gasteiger partial charge >= 0.3 is 0 Å². The second-order valence-corrected chi connectivity index (χ2v) is 6.72. The highest BCUT2D eigenvalue weighted by Gasteiger charge is 2.16. The van der Waals surface area contributed by atoms with Crippen LogP contribution >= 0.6 is 0 Å². The van der Waals surface area contributed by atoms with E-state index < -0.39 is 5.82 Å². The smallest absolute Gasteiger partial charge is 0.190 e. The predicted molar refractivity (Wildman–Crippen MR) is 90.3 cm³/mol. The first-order valence-electron chi connectivity index (χ1n) is 7.42. The third-order valence-corrected chi connectivity index (χ3v) is 3.95. The van der Waals surface area contributed by atoms with Crippen molar-refractivity contribution in [2.24, 2.45) is 0 Å². The Bertz CT molecular complexity index is 952. The predicted octanol–water partition coefficient (Wildman–Crippen LogP) is 4.34. The van der Waals surface area contributed by atoms with Crippen LogP contribution in [0.15, 0.2) is 47.3 Å². The number of aromatic hydroxyl groups is 1. The minimum atomic E-state index is -0.451. The van der Waals surface area contributed by atoms with E-state index in [-0.39, 0.29) is 16.6 Å². The van der Waals surface area contributed by atoms with E-state index in [1.165, 1.54) is 24.3 Å². The Morgan fingerprint density at radius 3 is 2.43 bits per heavy atom. The Balaban J connectivity index is 2.18. The second kappa shape index (κ2) is 5.23. The summed E-state index contributed by atoms with van der Waals surface area (Å²) >= 11 is 0. The van der Waals surface area contributed by atoms with Gasteiger partial charge in [-0.1, -0.05) is 26.8 Å². The minimum absolute atomic E-state index is 0.0790. The standard InChI is InChI=1S/C19H18FNO2/c1-19(2,3)11-4-6-13(17(22)8-11)16-10-18(23)14-9-12(20)5-7-15(14)21-16/h4-10,22H,1-3H3,(H,21,23). The molecule has 0 aliphatic rings. The Morgan fingerprint density at radius 2 is 1.78 bits per heavy atom. The number of aromatic amines is 1. The summed E-state index contributed by atoms with van der Waals surface area (Å²) in [6.07, 6.45) is 0. The number of aromatic nitrogens is 1. The molecule has 2 aromatic carbocycles. The highest BCUT2D eigenvalue weighted by Crippen LogP contribution is 2.33. The van der Waals surface area contributed by atoms with Gasteiger partial charge in [0.25, 0.3) is 0 Å². The van der Waals surface area contributed by atoms with Gasteiger partial charge in [0.1, 0.15) is 11.6 Å². The van der Waals surface area contributed by atoms with E-state index in [4.69, 9.17) is 0 Å². The molecule has 3 aromatic rings. The first-order chi connectivity index (χ1) is 10.8. The van der Waals surface area contributed by atoms with Crippen molar-refractivity contribution < 1.29 is 9.50 Å². The number of phenolic OH excluding ortho intramolecular Hbond substituents is 1. The van der Waals surface area contributed by atoms with E-state index >= 15 is 0 Å². The molecule has 0 amide bonds. The fourth-order valence-electron chi connectivity index (χ4n) is 2.59. The van der Waals surface area contributed by atoms with E-state index in [1.807, 2.05) is 6.07 Å². The summed E-state index contributed by atoms with van der Waals surface area (Å²) in [6, 6.07) is 10.8. The number of fused-ring (bicyclic) bond motifs is 1. The molecule has 0 saturated carbocycles. The minimum Gasteiger partial charge on any atom is -0.507 e. The maximum absolute atomic E-state index is 13.3. The largest absolute Gasteiger partial charge is 0.507 e. The van der Waals surface area contributed by atoms with E-state index in [2.05, 4.69) is 25.8 Å². The van der Waals surface area contributed by atoms with Gasteiger partial charge in [0.05, 0.1) is 5.69 Å². The van der Waals surface area contributed by atoms with Crippen molar-refractivity contribution in [1.82, 2.24) is 4.98 Å². The van der Waals surface area contributed by atoms with Crippen molar-refractivity contribution in [1.29, 1.82) is 0 Å². The van der Waals surface area contributed by atoms with E-state index in [0.717, 1.165) is 5.56 Å². The number of benzene rings is 2. The Morgan fingerprint density at radius 1 is 1.04 bits per heavy atom. The summed E-state index contributed by atoms with van der Waals surface area (Å²) in [4.78, 5) is 15.3. The van der Waals surface area contributed by atoms with Crippen LogP contribution in [0.4, 0.5) is 4.39 Å². The van der Waals surface area contributed by atoms with Crippen molar-refractivity contribution in [2.45, 2.75) is 26.2 Å². The first-order valence-corrected chi connectivity index (χ1v) is 7.42. The van der Waals surface area contributed by atoms with Crippen LogP contribution in [0, 0.1) is 5.82 Å². The van der Waals surface area contributed by atoms with Crippen molar-refractivity contribution in [3.8, 4) is 17.0 Å². The molecule has 0 saturated heterocycles. The molecule has 3 rings (SSSR count). The highest BCUT2D eigenvalue weighted by atomic mass is 19.1. The molecule has 0 radical (unpaired) electrons. The van der Waals surface area contributed by atoms with Gasteiger partial charge in [-0.3, -0.25) is 4.79 Å². The summed E-state index contributed by atoms with van der Waals surface area (Å²) in [5, 5.41) is 10.6. The molecule has 1 aromatic heterocycles. The van der Waals surface area contributed by atoms with Gasteiger partial charge in [-0.25, -0.2) is 4.39 Å². The molecule has 4 heteroatoms. The molecule has 0 bridgehead atoms. The quantitative estimate of drug-likeness (QED) is 0.702. The molecule has 118 valence electrons. The number of hydrogen-bond donors (Lipinski definition) is 2. The summed E-state index contributed by atoms with van der Waals surface area (Å²) in [6.45, 7) is 6.19. The van der Waals surface area contributed by atoms with Gasteiger partial charge in [-0.05, 0) is 41.3 Å². The van der Waals surface area contributed by atoms with Crippen molar-refractivity contribution >= 4 is 10.9 Å². The zero-order valence-corrected chi connectivity index (χ0v) is 13.3. The SMILES string of the molecule is CC(C)(C)c1ccc(-c2cc(=O)c3cc(F)ccc3[nH]2)c(O)c1. The van der Waals surface area contributed by atoms with E-state index in [1.54, 1.807) is 12.1 Å². The maximum atomic E-state index is 13.3. The monoisotopic (exact) mass is 311 g/mol. The lowest BCUT2D eigenvalue weighted by Crippen LogP contribution is -2.10. The molecule has 0 spiro atoms. The average Bonchev–Trinajstić information content (AvgIpc) is 2.47. The van der Waals surface area contributed by atoms with Gasteiger partial charge in [-0.15, -0.1) is 0 Å². The lowest BCUT2D eigenvalue weighted by Gasteiger charge is -2.20. The van der Waals surface area contributed by atoms with Crippen LogP contribution in [0.1, 0.15) is 26.3 Å². The van der Waals surface area contributed by atoms with Gasteiger partial charge in [-0.2, -0.15) is 0 Å². The van der Waals surface area contributed by atoms with Gasteiger partial charge in [0.2, 0.25) is 0 Å². The molecular weight excluding hydrogens is 293 g/mol. The third-order valence-electron chi connectivity index (χ3n) is 3.95. The fourth-order valence-corrected chi connectivity index (χ4v) is 2.59. The number of halogens is 1. The molecule has 0 aliphatic heterocycles. The number of H-pyrrole nitrogens is 1. The van der Waals surface area contributed by atoms with Crippen LogP contribution in [0.2, 0.25) is 0 Å². The van der Waals surface area contributed by atoms with Crippen LogP contribution in [-0.4, -0.2) is 10.1 Å². The molecule has 1 heterocycles. The lowest BCUT2D eigenvalue weighted by atomic mass is 9.86. The number of hydrogen-bond acceptors (Lipinski definition) is 2. The Kier molecular flexibility index (Phi) is 3.48. The molecule has 0 aliphatic carbocycles. The van der Waals surface area contributed by atoms with Crippen molar-refractivity contribution in [3.05, 3.63) is 64.1 Å². The third kappa shape index (κ3) is 2.84. The molecular formula is C19H18FNO2. The normalized spacial score (nSPS) is 11.8. The molecule has 3 nitrogen and oxygen atoms in total. The number of nitrogens with one attached hydrogen (secondary N) is 1. The Hall–Kier alpha value is -2.62. The topological polar surface area (TPSA) is 53.1 Å². The van der Waals surface area contributed by atoms with Crippen LogP contribution in [0.5, 0.6) is 5.75 Å². The molecule has 0 fully saturated rings. The fraction of sp³-hybridized carbons (Fsp3) is 0.211. The van der Waals surface area contributed by atoms with Crippen LogP contribution in [0.3, 0.4) is 0 Å². The van der Waals surface area contributed by atoms with Gasteiger partial charge in [0, 0.05) is 22.5 Å². The molecule has 0 atom stereocenters. The van der Waals surface area contributed by atoms with E-state index in [0.29, 0.717) is 22.2 Å². The average molecular weight is 311 g/mol. The van der Waals surface area contributed by atoms with Crippen molar-refractivity contribution in [2.75, 3.05) is 0 Å². The molecule has 0 unspecified atom stereocenters. The highest BCUT2D eigenvalue weighted by molar-refractivity contribution is 5.82. The number of rotatable bonds is 1. The summed E-state index contributed by atoms with van der Waals surface area (Å²) < 4.78 is 13.3. The van der Waals surface area contributed by atoms with Crippen molar-refractivity contribution in [3.63, 3.8) is 0 Å². The Labute approximate surface area is 133 Å². The summed E-state index contributed by atoms with van der Waals surface area (Å²) in [5.41, 5.74) is 2.22. The maximum Gasteiger partial charge on any atom is 0.190 e. The molecule has 23 heavy (non-hydrogen) atoms. The van der Waals surface area contributed by atoms with E-state index in [9.17, 15) is 14.3 Å². The molecule has 2 N–H and O–H groups in total. The number of phenols is 1. The lowest BCUT2D eigenvalue weighted by molar-refractivity contribution is 0.473. The van der Waals surface area contributed by atoms with Crippen LogP contribution in [-0.2, 0) is 5.41 Å². The second-order valence-electron chi connectivity index (χ2n) is 6.72. The van der Waals surface area contributed by atoms with Crippen LogP contribution < -0.4 is 5.43 Å². The summed E-state index contributed by atoms with van der Waals surface area (Å²) in [7, 11) is 0. The number of pyridine rings is 1. The summed E-state index contributed by atoms with van der Waals surface area (Å²) in [5.74, 6) is -0.345. The van der Waals surface area contributed by atoms with Crippen LogP contribution in [0.25, 0.3) is 22.2 Å². The zero-order chi connectivity index (χ0) is 16.8. The van der Waals surface area contributed by atoms with Gasteiger partial charge < -0.3 is 10.1 Å². The first kappa shape index (κ1) is 15.3. The van der Waals surface area contributed by atoms with Gasteiger partial charge in [0.15, 0.2) is 5.43 Å².